The van der Waals surface area contributed by atoms with E-state index in [1.54, 1.807) is 0 Å². The zero-order valence-corrected chi connectivity index (χ0v) is 15.1. The highest BCUT2D eigenvalue weighted by Gasteiger charge is 2.48. The molecular weight excluding hydrogens is 304 g/mol. The average molecular weight is 328 g/mol. The van der Waals surface area contributed by atoms with Crippen LogP contribution in [0.15, 0.2) is 28.7 Å². The van der Waals surface area contributed by atoms with Crippen LogP contribution < -0.4 is 4.74 Å². The average Bonchev–Trinajstić information content (AvgIpc) is 3.00. The van der Waals surface area contributed by atoms with Crippen LogP contribution in [-0.2, 0) is 10.8 Å². The molecule has 0 radical (unpaired) electrons. The van der Waals surface area contributed by atoms with E-state index in [4.69, 9.17) is 14.3 Å². The molecule has 2 aromatic rings. The summed E-state index contributed by atoms with van der Waals surface area (Å²) in [4.78, 5) is 10.9. The summed E-state index contributed by atoms with van der Waals surface area (Å²) in [5.41, 5.74) is 3.80. The SMILES string of the molecule is Cc1cc2c(cc1Oc1ccc(C(=O)O)o1)C(C)(C)C(C)C2(C)C. The smallest absolute Gasteiger partial charge is 0.371 e. The minimum atomic E-state index is -1.10. The molecule has 3 rings (SSSR count). The van der Waals surface area contributed by atoms with Crippen molar-refractivity contribution >= 4 is 5.97 Å². The first-order valence-electron chi connectivity index (χ1n) is 8.21. The fraction of sp³-hybridized carbons (Fsp3) is 0.450. The maximum absolute atomic E-state index is 10.9. The molecule has 0 bridgehead atoms. The number of aromatic carboxylic acids is 1. The first-order valence-corrected chi connectivity index (χ1v) is 8.21. The van der Waals surface area contributed by atoms with Crippen LogP contribution in [0.5, 0.6) is 11.7 Å². The number of fused-ring (bicyclic) bond motifs is 1. The van der Waals surface area contributed by atoms with E-state index in [9.17, 15) is 4.79 Å². The van der Waals surface area contributed by atoms with E-state index in [-0.39, 0.29) is 22.5 Å². The standard InChI is InChI=1S/C20H24O4/c1-11-9-13-14(20(5,6)12(2)19(13,3)4)10-16(11)24-17-8-7-15(23-17)18(21)22/h7-10,12H,1-6H3,(H,21,22). The minimum absolute atomic E-state index is 0.0417. The van der Waals surface area contributed by atoms with Gasteiger partial charge in [-0.1, -0.05) is 40.7 Å². The monoisotopic (exact) mass is 328 g/mol. The van der Waals surface area contributed by atoms with Gasteiger partial charge in [0, 0.05) is 6.07 Å². The molecule has 4 heteroatoms. The highest BCUT2D eigenvalue weighted by Crippen LogP contribution is 2.54. The number of hydrogen-bond acceptors (Lipinski definition) is 3. The summed E-state index contributed by atoms with van der Waals surface area (Å²) in [5.74, 6) is 0.166. The Bertz CT molecular complexity index is 811. The number of aryl methyl sites for hydroxylation is 1. The Hall–Kier alpha value is -2.23. The molecule has 128 valence electrons. The topological polar surface area (TPSA) is 59.7 Å². The number of carboxylic acids is 1. The zero-order valence-electron chi connectivity index (χ0n) is 15.1. The fourth-order valence-corrected chi connectivity index (χ4v) is 3.83. The van der Waals surface area contributed by atoms with Crippen molar-refractivity contribution in [3.05, 3.63) is 46.7 Å². The predicted molar refractivity (Wildman–Crippen MR) is 92.1 cm³/mol. The van der Waals surface area contributed by atoms with Gasteiger partial charge < -0.3 is 14.3 Å². The summed E-state index contributed by atoms with van der Waals surface area (Å²) in [6, 6.07) is 7.21. The molecule has 0 saturated carbocycles. The highest BCUT2D eigenvalue weighted by molar-refractivity contribution is 5.84. The molecule has 0 fully saturated rings. The van der Waals surface area contributed by atoms with Crippen molar-refractivity contribution in [2.24, 2.45) is 5.92 Å². The third-order valence-electron chi connectivity index (χ3n) is 5.87. The fourth-order valence-electron chi connectivity index (χ4n) is 3.83. The van der Waals surface area contributed by atoms with Gasteiger partial charge in [-0.05, 0) is 52.5 Å². The van der Waals surface area contributed by atoms with E-state index >= 15 is 0 Å². The Morgan fingerprint density at radius 3 is 2.25 bits per heavy atom. The van der Waals surface area contributed by atoms with Gasteiger partial charge in [0.1, 0.15) is 5.75 Å². The van der Waals surface area contributed by atoms with Crippen molar-refractivity contribution in [2.45, 2.75) is 52.4 Å². The third-order valence-corrected chi connectivity index (χ3v) is 5.87. The lowest BCUT2D eigenvalue weighted by Gasteiger charge is -2.32. The van der Waals surface area contributed by atoms with E-state index in [1.807, 2.05) is 6.92 Å². The van der Waals surface area contributed by atoms with Crippen molar-refractivity contribution in [3.8, 4) is 11.7 Å². The summed E-state index contributed by atoms with van der Waals surface area (Å²) in [6.45, 7) is 13.4. The van der Waals surface area contributed by atoms with Crippen molar-refractivity contribution in [2.75, 3.05) is 0 Å². The lowest BCUT2D eigenvalue weighted by molar-refractivity contribution is 0.0657. The second-order valence-corrected chi connectivity index (χ2v) is 7.85. The molecule has 1 aliphatic carbocycles. The number of carboxylic acid groups (broad SMARTS) is 1. The highest BCUT2D eigenvalue weighted by atomic mass is 16.6. The number of furan rings is 1. The molecular formula is C20H24O4. The number of carbonyl (C=O) groups is 1. The minimum Gasteiger partial charge on any atom is -0.475 e. The Balaban J connectivity index is 2.03. The molecule has 4 nitrogen and oxygen atoms in total. The van der Waals surface area contributed by atoms with Gasteiger partial charge in [0.05, 0.1) is 0 Å². The molecule has 1 heterocycles. The van der Waals surface area contributed by atoms with Crippen LogP contribution in [-0.4, -0.2) is 11.1 Å². The van der Waals surface area contributed by atoms with Crippen LogP contribution in [0.2, 0.25) is 0 Å². The molecule has 24 heavy (non-hydrogen) atoms. The second-order valence-electron chi connectivity index (χ2n) is 7.85. The van der Waals surface area contributed by atoms with Gasteiger partial charge in [0.25, 0.3) is 5.95 Å². The molecule has 1 aromatic carbocycles. The normalized spacial score (nSPS) is 20.7. The molecule has 1 unspecified atom stereocenters. The first-order chi connectivity index (χ1) is 11.0. The summed E-state index contributed by atoms with van der Waals surface area (Å²) in [6.07, 6.45) is 0. The van der Waals surface area contributed by atoms with E-state index in [2.05, 4.69) is 46.8 Å². The van der Waals surface area contributed by atoms with Crippen molar-refractivity contribution in [1.29, 1.82) is 0 Å². The van der Waals surface area contributed by atoms with Gasteiger partial charge in [-0.2, -0.15) is 0 Å². The van der Waals surface area contributed by atoms with Crippen LogP contribution in [0.3, 0.4) is 0 Å². The van der Waals surface area contributed by atoms with Crippen LogP contribution >= 0.6 is 0 Å². The van der Waals surface area contributed by atoms with Gasteiger partial charge in [-0.15, -0.1) is 0 Å². The van der Waals surface area contributed by atoms with Gasteiger partial charge >= 0.3 is 5.97 Å². The molecule has 0 aliphatic heterocycles. The number of hydrogen-bond donors (Lipinski definition) is 1. The summed E-state index contributed by atoms with van der Waals surface area (Å²) in [7, 11) is 0. The molecule has 1 aliphatic rings. The Kier molecular flexibility index (Phi) is 3.55. The molecule has 0 saturated heterocycles. The maximum Gasteiger partial charge on any atom is 0.371 e. The molecule has 0 amide bonds. The van der Waals surface area contributed by atoms with Crippen LogP contribution in [0, 0.1) is 12.8 Å². The molecule has 1 N–H and O–H groups in total. The van der Waals surface area contributed by atoms with E-state index in [1.165, 1.54) is 23.3 Å². The second kappa shape index (κ2) is 5.13. The number of ether oxygens (including phenoxy) is 1. The van der Waals surface area contributed by atoms with Crippen LogP contribution in [0.25, 0.3) is 0 Å². The molecule has 1 atom stereocenters. The van der Waals surface area contributed by atoms with Gasteiger partial charge in [0.15, 0.2) is 0 Å². The van der Waals surface area contributed by atoms with Crippen molar-refractivity contribution in [1.82, 2.24) is 0 Å². The van der Waals surface area contributed by atoms with Crippen LogP contribution in [0.4, 0.5) is 0 Å². The van der Waals surface area contributed by atoms with E-state index < -0.39 is 5.97 Å². The Morgan fingerprint density at radius 2 is 1.71 bits per heavy atom. The van der Waals surface area contributed by atoms with Gasteiger partial charge in [-0.25, -0.2) is 4.79 Å². The van der Waals surface area contributed by atoms with Crippen LogP contribution in [0.1, 0.15) is 61.9 Å². The Labute approximate surface area is 142 Å². The van der Waals surface area contributed by atoms with Gasteiger partial charge in [-0.3, -0.25) is 0 Å². The lowest BCUT2D eigenvalue weighted by Crippen LogP contribution is -2.30. The maximum atomic E-state index is 10.9. The quantitative estimate of drug-likeness (QED) is 0.832. The number of rotatable bonds is 3. The Morgan fingerprint density at radius 1 is 1.12 bits per heavy atom. The van der Waals surface area contributed by atoms with Crippen molar-refractivity contribution in [3.63, 3.8) is 0 Å². The van der Waals surface area contributed by atoms with E-state index in [0.717, 1.165) is 5.56 Å². The first kappa shape index (κ1) is 16.6. The summed E-state index contributed by atoms with van der Waals surface area (Å²) < 4.78 is 11.0. The third kappa shape index (κ3) is 2.32. The van der Waals surface area contributed by atoms with Gasteiger partial charge in [0.2, 0.25) is 5.76 Å². The zero-order chi connectivity index (χ0) is 17.9. The summed E-state index contributed by atoms with van der Waals surface area (Å²) in [5, 5.41) is 8.95. The molecule has 0 spiro atoms. The van der Waals surface area contributed by atoms with Crippen molar-refractivity contribution < 1.29 is 19.1 Å². The largest absolute Gasteiger partial charge is 0.475 e. The number of benzene rings is 1. The molecule has 1 aromatic heterocycles. The summed E-state index contributed by atoms with van der Waals surface area (Å²) >= 11 is 0. The van der Waals surface area contributed by atoms with E-state index in [0.29, 0.717) is 11.7 Å². The predicted octanol–water partition coefficient (Wildman–Crippen LogP) is 5.28. The lowest BCUT2D eigenvalue weighted by atomic mass is 9.71.